The molecule has 8 amide bonds. The van der Waals surface area contributed by atoms with Gasteiger partial charge in [0.05, 0.1) is 43.2 Å². The summed E-state index contributed by atoms with van der Waals surface area (Å²) in [6, 6.07) is 2.18. The zero-order valence-electron chi connectivity index (χ0n) is 48.5. The van der Waals surface area contributed by atoms with E-state index >= 15 is 0 Å². The molecule has 5 rings (SSSR count). The number of carbonyl (C=O) groups is 8. The van der Waals surface area contributed by atoms with Crippen molar-refractivity contribution < 1.29 is 85.1 Å². The van der Waals surface area contributed by atoms with Gasteiger partial charge in [-0.25, -0.2) is 19.2 Å². The lowest BCUT2D eigenvalue weighted by molar-refractivity contribution is -0.142. The largest absolute Gasteiger partial charge is 0.495 e. The molecule has 3 heterocycles. The van der Waals surface area contributed by atoms with E-state index in [0.29, 0.717) is 37.3 Å². The number of halogens is 5. The molecule has 23 nitrogen and oxygen atoms in total. The number of alkyl halides is 4. The Morgan fingerprint density at radius 2 is 1.75 bits per heavy atom. The summed E-state index contributed by atoms with van der Waals surface area (Å²) < 4.78 is 79.1. The van der Waals surface area contributed by atoms with E-state index in [9.17, 15) is 56.6 Å². The average Bonchev–Trinajstić information content (AvgIpc) is 1.79. The number of benzene rings is 2. The molecule has 4 bridgehead atoms. The molecule has 3 aliphatic heterocycles. The summed E-state index contributed by atoms with van der Waals surface area (Å²) >= 11 is 9.92. The molecule has 0 aromatic heterocycles. The highest BCUT2D eigenvalue weighted by atomic mass is 79.9. The number of alkyl carbamates (subject to hydrolysis) is 1. The number of nitrogens with one attached hydrogen (secondary N) is 6. The predicted octanol–water partition coefficient (Wildman–Crippen LogP) is 7.46. The highest BCUT2D eigenvalue weighted by Gasteiger charge is 2.64. The van der Waals surface area contributed by atoms with Crippen molar-refractivity contribution in [2.24, 2.45) is 17.6 Å². The van der Waals surface area contributed by atoms with Gasteiger partial charge in [0, 0.05) is 56.1 Å². The summed E-state index contributed by atoms with van der Waals surface area (Å²) in [5.74, 6) is -4.68. The normalized spacial score (nSPS) is 24.1. The van der Waals surface area contributed by atoms with Crippen LogP contribution in [0.25, 0.3) is 0 Å². The molecule has 3 aliphatic rings. The van der Waals surface area contributed by atoms with Gasteiger partial charge in [0.1, 0.15) is 46.8 Å². The maximum atomic E-state index is 15.0. The molecule has 9 N–H and O–H groups in total. The highest BCUT2D eigenvalue weighted by molar-refractivity contribution is 9.09. The number of allylic oxidation sites excluding steroid dienone is 3. The molecule has 468 valence electrons. The van der Waals surface area contributed by atoms with Crippen LogP contribution >= 0.6 is 27.5 Å². The van der Waals surface area contributed by atoms with Crippen molar-refractivity contribution in [2.75, 3.05) is 55.3 Å². The van der Waals surface area contributed by atoms with Gasteiger partial charge in [0.25, 0.3) is 0 Å². The molecule has 0 spiro atoms. The van der Waals surface area contributed by atoms with Gasteiger partial charge in [0.15, 0.2) is 5.72 Å². The third-order valence-electron chi connectivity index (χ3n) is 14.6. The molecule has 2 aromatic carbocycles. The van der Waals surface area contributed by atoms with Crippen LogP contribution in [0.4, 0.5) is 44.6 Å². The molecule has 28 heteroatoms. The van der Waals surface area contributed by atoms with Gasteiger partial charge in [-0.15, -0.1) is 0 Å². The zero-order valence-corrected chi connectivity index (χ0v) is 50.8. The van der Waals surface area contributed by atoms with Gasteiger partial charge in [0.2, 0.25) is 23.6 Å². The van der Waals surface area contributed by atoms with Crippen molar-refractivity contribution in [2.45, 2.75) is 146 Å². The Morgan fingerprint density at radius 1 is 1.04 bits per heavy atom. The number of amides is 8. The number of nitrogens with two attached hydrogens (primary N) is 1. The van der Waals surface area contributed by atoms with Crippen molar-refractivity contribution in [3.8, 4) is 5.75 Å². The SMILES string of the molecule is C=C(CBr)C(=O)OCCCCCC(=O)N[C@H](C(=O)N[C@@H](CCCNC(N)=O)C(=O)Nc1ccc(NC(=O)O[C@H]2CC(=O)N(C)c3cc(cc(OC)c3Cl)C/C(C)=C/C=C/[C@@H](OC)[C@@]3(O)C[C@H](OC(=O)N3)[C@@H](C)[C@@H]3O[C@@]23C)cc1C(F)(F)F)C(C)C. The zero-order chi connectivity index (χ0) is 63.1. The summed E-state index contributed by atoms with van der Waals surface area (Å²) in [5, 5.41) is 26.7. The number of hydrogen-bond donors (Lipinski definition) is 8. The topological polar surface area (TPSA) is 317 Å². The Hall–Kier alpha value is -6.94. The summed E-state index contributed by atoms with van der Waals surface area (Å²) in [6.45, 7) is 11.9. The molecule has 0 radical (unpaired) electrons. The summed E-state index contributed by atoms with van der Waals surface area (Å²) in [7, 11) is 4.20. The minimum Gasteiger partial charge on any atom is -0.495 e. The minimum atomic E-state index is -5.18. The van der Waals surface area contributed by atoms with E-state index in [1.165, 1.54) is 33.1 Å². The number of carbonyl (C=O) groups excluding carboxylic acids is 8. The molecule has 2 aromatic rings. The van der Waals surface area contributed by atoms with Gasteiger partial charge in [-0.05, 0) is 94.2 Å². The molecule has 0 saturated carbocycles. The number of primary amides is 1. The maximum absolute atomic E-state index is 15.0. The van der Waals surface area contributed by atoms with Crippen molar-refractivity contribution in [1.29, 1.82) is 0 Å². The van der Waals surface area contributed by atoms with Gasteiger partial charge in [-0.3, -0.25) is 29.8 Å². The number of rotatable bonds is 22. The predicted molar refractivity (Wildman–Crippen MR) is 311 cm³/mol. The van der Waals surface area contributed by atoms with E-state index in [1.54, 1.807) is 51.1 Å². The lowest BCUT2D eigenvalue weighted by Crippen LogP contribution is -2.63. The van der Waals surface area contributed by atoms with E-state index in [0.717, 1.165) is 17.7 Å². The number of hydrogen-bond acceptors (Lipinski definition) is 15. The molecular weight excluding hydrogens is 1210 g/mol. The number of anilines is 3. The van der Waals surface area contributed by atoms with Gasteiger partial charge in [-0.2, -0.15) is 13.2 Å². The first kappa shape index (κ1) is 68.8. The quantitative estimate of drug-likeness (QED) is 0.0142. The standard InChI is InChI=1S/C57H75BrClF3N8O15/c1-30(2)47(68-44(71)18-11-10-12-22-82-51(75)32(4)29-58)50(74)67-38(16-14-21-64-52(63)76)49(73)66-37-20-19-35(26-36(37)57(60,61)62)65-53(77)84-43-27-45(72)70(7)39-24-34(25-40(80-8)46(39)59)23-31(3)15-13-17-42(81-9)56(79)28-41(83-54(78)69-56)33(5)48-55(43,6)85-48/h13,15,17,19-20,24-26,30,33,38,41-43,47-48,79H,4,10-12,14,16,18,21-23,27-29H2,1-3,5-9H3,(H,65,77)(H,66,73)(H,67,74)(H,68,71)(H,69,78)(H3,63,64,76)/b17-13+,31-15+/t33-,38+,41+,42-,43+,47+,48+,55+,56+/m1/s1. The molecule has 9 atom stereocenters. The highest BCUT2D eigenvalue weighted by Crippen LogP contribution is 2.49. The van der Waals surface area contributed by atoms with Crippen molar-refractivity contribution >= 4 is 92.4 Å². The van der Waals surface area contributed by atoms with Crippen LogP contribution in [0.2, 0.25) is 5.02 Å². The first-order valence-corrected chi connectivity index (χ1v) is 28.9. The third kappa shape index (κ3) is 19.0. The number of epoxide rings is 1. The average molecular weight is 1280 g/mol. The van der Waals surface area contributed by atoms with E-state index in [1.807, 2.05) is 6.92 Å². The van der Waals surface area contributed by atoms with Crippen molar-refractivity contribution in [3.63, 3.8) is 0 Å². The fourth-order valence-corrected chi connectivity index (χ4v) is 10.3. The fourth-order valence-electron chi connectivity index (χ4n) is 9.78. The molecule has 85 heavy (non-hydrogen) atoms. The van der Waals surface area contributed by atoms with Crippen LogP contribution < -0.4 is 47.3 Å². The molecule has 0 unspecified atom stereocenters. The Labute approximate surface area is 504 Å². The van der Waals surface area contributed by atoms with E-state index < -0.39 is 137 Å². The smallest absolute Gasteiger partial charge is 0.418 e. The van der Waals surface area contributed by atoms with Crippen LogP contribution in [-0.4, -0.2) is 140 Å². The van der Waals surface area contributed by atoms with E-state index in [-0.39, 0.29) is 66.2 Å². The summed E-state index contributed by atoms with van der Waals surface area (Å²) in [4.78, 5) is 107. The van der Waals surface area contributed by atoms with Gasteiger partial charge >= 0.3 is 30.4 Å². The molecule has 2 saturated heterocycles. The number of fused-ring (bicyclic) bond motifs is 5. The number of methoxy groups -OCH3 is 2. The van der Waals surface area contributed by atoms with Crippen LogP contribution in [-0.2, 0) is 60.3 Å². The molecule has 0 aliphatic carbocycles. The Bertz CT molecular complexity index is 2880. The number of aliphatic hydroxyl groups is 1. The first-order valence-electron chi connectivity index (χ1n) is 27.4. The number of ether oxygens (including phenoxy) is 6. The number of urea groups is 1. The minimum absolute atomic E-state index is 0.00495. The monoisotopic (exact) mass is 1280 g/mol. The second kappa shape index (κ2) is 30.4. The summed E-state index contributed by atoms with van der Waals surface area (Å²) in [5.41, 5.74) is 0.976. The van der Waals surface area contributed by atoms with Crippen LogP contribution in [0, 0.1) is 11.8 Å². The van der Waals surface area contributed by atoms with Crippen molar-refractivity contribution in [1.82, 2.24) is 21.3 Å². The first-order chi connectivity index (χ1) is 39.9. The van der Waals surface area contributed by atoms with Crippen LogP contribution in [0.3, 0.4) is 0 Å². The fraction of sp³-hybridized carbons (Fsp3) is 0.544. The van der Waals surface area contributed by atoms with Gasteiger partial charge < -0.3 is 65.4 Å². The van der Waals surface area contributed by atoms with E-state index in [4.69, 9.17) is 45.8 Å². The lowest BCUT2D eigenvalue weighted by atomic mass is 9.83. The number of unbranched alkanes of at least 4 members (excludes halogenated alkanes) is 2. The number of esters is 1. The second-order valence-corrected chi connectivity index (χ2v) is 22.5. The van der Waals surface area contributed by atoms with Crippen LogP contribution in [0.5, 0.6) is 5.75 Å². The lowest BCUT2D eigenvalue weighted by Gasteiger charge is -2.42. The Morgan fingerprint density at radius 3 is 2.40 bits per heavy atom. The van der Waals surface area contributed by atoms with E-state index in [2.05, 4.69) is 54.4 Å². The third-order valence-corrected chi connectivity index (χ3v) is 15.7. The number of nitrogens with zero attached hydrogens (tertiary/aromatic N) is 1. The molecular formula is C57H75BrClF3N8O15. The van der Waals surface area contributed by atoms with Gasteiger partial charge in [-0.1, -0.05) is 78.7 Å². The maximum Gasteiger partial charge on any atom is 0.418 e. The Kier molecular flexibility index (Phi) is 24.6. The van der Waals surface area contributed by atoms with Crippen molar-refractivity contribution in [3.05, 3.63) is 82.4 Å². The summed E-state index contributed by atoms with van der Waals surface area (Å²) in [6.07, 6.45) is -6.32. The second-order valence-electron chi connectivity index (χ2n) is 21.5. The van der Waals surface area contributed by atoms with Crippen LogP contribution in [0.1, 0.15) is 97.1 Å². The van der Waals surface area contributed by atoms with Crippen LogP contribution in [0.15, 0.2) is 66.3 Å². The Balaban J connectivity index is 1.38. The molecule has 2 fully saturated rings.